The Morgan fingerprint density at radius 3 is 2.50 bits per heavy atom. The first-order valence-corrected chi connectivity index (χ1v) is 5.94. The van der Waals surface area contributed by atoms with Gasteiger partial charge in [0.25, 0.3) is 0 Å². The molecule has 96 valence electrons. The maximum absolute atomic E-state index is 10.9. The lowest BCUT2D eigenvalue weighted by Crippen LogP contribution is -2.31. The van der Waals surface area contributed by atoms with E-state index in [0.717, 1.165) is 19.6 Å². The minimum absolute atomic E-state index is 0.140. The Bertz CT molecular complexity index is 183. The lowest BCUT2D eigenvalue weighted by atomic mass is 10.1. The van der Waals surface area contributed by atoms with Gasteiger partial charge in [-0.05, 0) is 19.3 Å². The van der Waals surface area contributed by atoms with Crippen LogP contribution in [0.5, 0.6) is 0 Å². The van der Waals surface area contributed by atoms with Crippen molar-refractivity contribution in [1.82, 2.24) is 5.32 Å². The van der Waals surface area contributed by atoms with Gasteiger partial charge in [0.2, 0.25) is 0 Å². The molecule has 0 aliphatic rings. The zero-order valence-corrected chi connectivity index (χ0v) is 10.9. The van der Waals surface area contributed by atoms with Gasteiger partial charge >= 0.3 is 5.97 Å². The molecule has 0 fully saturated rings. The summed E-state index contributed by atoms with van der Waals surface area (Å²) in [4.78, 5) is 10.9. The van der Waals surface area contributed by atoms with Crippen LogP contribution in [0.15, 0.2) is 0 Å². The minimum Gasteiger partial charge on any atom is -0.469 e. The topological polar surface area (TPSA) is 47.6 Å². The quantitative estimate of drug-likeness (QED) is 0.483. The van der Waals surface area contributed by atoms with Crippen molar-refractivity contribution in [2.45, 2.75) is 39.7 Å². The zero-order valence-electron chi connectivity index (χ0n) is 10.9. The molecule has 0 saturated heterocycles. The van der Waals surface area contributed by atoms with Crippen LogP contribution in [-0.4, -0.2) is 38.9 Å². The molecule has 0 aliphatic heterocycles. The Balaban J connectivity index is 3.27. The number of carbonyl (C=O) groups is 1. The van der Waals surface area contributed by atoms with Gasteiger partial charge in [0.1, 0.15) is 0 Å². The second-order valence-electron chi connectivity index (χ2n) is 4.43. The molecule has 0 bridgehead atoms. The van der Waals surface area contributed by atoms with Crippen LogP contribution in [0.25, 0.3) is 0 Å². The summed E-state index contributed by atoms with van der Waals surface area (Å²) in [7, 11) is 1.41. The van der Waals surface area contributed by atoms with E-state index in [4.69, 9.17) is 4.74 Å². The lowest BCUT2D eigenvalue weighted by molar-refractivity contribution is -0.141. The Labute approximate surface area is 98.7 Å². The normalized spacial score (nSPS) is 12.8. The summed E-state index contributed by atoms with van der Waals surface area (Å²) in [5.74, 6) is 0.506. The van der Waals surface area contributed by atoms with Crippen molar-refractivity contribution < 1.29 is 14.3 Å². The van der Waals surface area contributed by atoms with Gasteiger partial charge in [-0.2, -0.15) is 0 Å². The van der Waals surface area contributed by atoms with Crippen molar-refractivity contribution in [3.8, 4) is 0 Å². The van der Waals surface area contributed by atoms with Crippen LogP contribution in [0, 0.1) is 5.92 Å². The van der Waals surface area contributed by atoms with Gasteiger partial charge in [0.05, 0.1) is 20.1 Å². The Morgan fingerprint density at radius 2 is 1.94 bits per heavy atom. The van der Waals surface area contributed by atoms with E-state index in [1.807, 2.05) is 6.92 Å². The predicted octanol–water partition coefficient (Wildman–Crippen LogP) is 1.59. The third-order valence-electron chi connectivity index (χ3n) is 2.28. The Morgan fingerprint density at radius 1 is 1.25 bits per heavy atom. The van der Waals surface area contributed by atoms with Crippen molar-refractivity contribution >= 4 is 5.97 Å². The van der Waals surface area contributed by atoms with Crippen LogP contribution in [0.1, 0.15) is 33.6 Å². The van der Waals surface area contributed by atoms with Crippen molar-refractivity contribution in [3.05, 3.63) is 0 Å². The van der Waals surface area contributed by atoms with Crippen LogP contribution < -0.4 is 5.32 Å². The molecular formula is C12H25NO3. The molecule has 0 spiro atoms. The second kappa shape index (κ2) is 9.60. The maximum atomic E-state index is 10.9. The highest BCUT2D eigenvalue weighted by Gasteiger charge is 2.07. The van der Waals surface area contributed by atoms with Crippen molar-refractivity contribution in [1.29, 1.82) is 0 Å². The van der Waals surface area contributed by atoms with Crippen molar-refractivity contribution in [3.63, 3.8) is 0 Å². The monoisotopic (exact) mass is 231 g/mol. The van der Waals surface area contributed by atoms with E-state index < -0.39 is 0 Å². The largest absolute Gasteiger partial charge is 0.469 e. The third kappa shape index (κ3) is 9.93. The molecule has 16 heavy (non-hydrogen) atoms. The highest BCUT2D eigenvalue weighted by Crippen LogP contribution is 1.98. The molecule has 4 heteroatoms. The van der Waals surface area contributed by atoms with E-state index in [2.05, 4.69) is 23.9 Å². The molecule has 1 N–H and O–H groups in total. The third-order valence-corrected chi connectivity index (χ3v) is 2.28. The number of esters is 1. The van der Waals surface area contributed by atoms with E-state index in [-0.39, 0.29) is 12.0 Å². The fourth-order valence-electron chi connectivity index (χ4n) is 1.20. The molecule has 0 saturated carbocycles. The number of hydrogen-bond acceptors (Lipinski definition) is 4. The van der Waals surface area contributed by atoms with Gasteiger partial charge in [-0.25, -0.2) is 0 Å². The SMILES string of the molecule is COC(=O)CC(C)NCCOCCC(C)C. The first kappa shape index (κ1) is 15.4. The smallest absolute Gasteiger partial charge is 0.307 e. The van der Waals surface area contributed by atoms with Crippen LogP contribution in [-0.2, 0) is 14.3 Å². The number of methoxy groups -OCH3 is 1. The van der Waals surface area contributed by atoms with Gasteiger partial charge in [-0.3, -0.25) is 4.79 Å². The molecule has 0 amide bonds. The molecule has 0 aromatic rings. The van der Waals surface area contributed by atoms with Crippen LogP contribution in [0.2, 0.25) is 0 Å². The summed E-state index contributed by atoms with van der Waals surface area (Å²) >= 11 is 0. The summed E-state index contributed by atoms with van der Waals surface area (Å²) in [6.07, 6.45) is 1.50. The van der Waals surface area contributed by atoms with Crippen molar-refractivity contribution in [2.75, 3.05) is 26.9 Å². The molecule has 0 aliphatic carbocycles. The van der Waals surface area contributed by atoms with E-state index >= 15 is 0 Å². The molecule has 1 unspecified atom stereocenters. The second-order valence-corrected chi connectivity index (χ2v) is 4.43. The van der Waals surface area contributed by atoms with E-state index in [0.29, 0.717) is 18.9 Å². The summed E-state index contributed by atoms with van der Waals surface area (Å²) in [6.45, 7) is 8.60. The number of nitrogens with one attached hydrogen (secondary N) is 1. The first-order valence-electron chi connectivity index (χ1n) is 5.94. The zero-order chi connectivity index (χ0) is 12.4. The van der Waals surface area contributed by atoms with Crippen LogP contribution in [0.3, 0.4) is 0 Å². The standard InChI is InChI=1S/C12H25NO3/c1-10(2)5-7-16-8-6-13-11(3)9-12(14)15-4/h10-11,13H,5-9H2,1-4H3. The highest BCUT2D eigenvalue weighted by atomic mass is 16.5. The fourth-order valence-corrected chi connectivity index (χ4v) is 1.20. The van der Waals surface area contributed by atoms with Gasteiger partial charge in [-0.1, -0.05) is 13.8 Å². The first-order chi connectivity index (χ1) is 7.56. The number of carbonyl (C=O) groups excluding carboxylic acids is 1. The fraction of sp³-hybridized carbons (Fsp3) is 0.917. The van der Waals surface area contributed by atoms with Gasteiger partial charge in [-0.15, -0.1) is 0 Å². The minimum atomic E-state index is -0.180. The summed E-state index contributed by atoms with van der Waals surface area (Å²) < 4.78 is 10.0. The molecule has 1 atom stereocenters. The average Bonchev–Trinajstić information content (AvgIpc) is 2.22. The number of hydrogen-bond donors (Lipinski definition) is 1. The molecule has 0 heterocycles. The Kier molecular flexibility index (Phi) is 9.24. The predicted molar refractivity (Wildman–Crippen MR) is 64.4 cm³/mol. The molecule has 0 aromatic heterocycles. The maximum Gasteiger partial charge on any atom is 0.307 e. The summed E-state index contributed by atoms with van der Waals surface area (Å²) in [5.41, 5.74) is 0. The highest BCUT2D eigenvalue weighted by molar-refractivity contribution is 5.69. The van der Waals surface area contributed by atoms with Gasteiger partial charge < -0.3 is 14.8 Å². The number of ether oxygens (including phenoxy) is 2. The van der Waals surface area contributed by atoms with Gasteiger partial charge in [0, 0.05) is 19.2 Å². The van der Waals surface area contributed by atoms with Gasteiger partial charge in [0.15, 0.2) is 0 Å². The molecular weight excluding hydrogens is 206 g/mol. The van der Waals surface area contributed by atoms with Crippen molar-refractivity contribution in [2.24, 2.45) is 5.92 Å². The molecule has 0 aromatic carbocycles. The lowest BCUT2D eigenvalue weighted by Gasteiger charge is -2.12. The van der Waals surface area contributed by atoms with Crippen LogP contribution in [0.4, 0.5) is 0 Å². The Hall–Kier alpha value is -0.610. The summed E-state index contributed by atoms with van der Waals surface area (Å²) in [5, 5.41) is 3.21. The molecule has 0 radical (unpaired) electrons. The van der Waals surface area contributed by atoms with E-state index in [1.54, 1.807) is 0 Å². The molecule has 4 nitrogen and oxygen atoms in total. The van der Waals surface area contributed by atoms with E-state index in [1.165, 1.54) is 7.11 Å². The number of rotatable bonds is 9. The van der Waals surface area contributed by atoms with E-state index in [9.17, 15) is 4.79 Å². The summed E-state index contributed by atoms with van der Waals surface area (Å²) in [6, 6.07) is 0.140. The molecule has 0 rings (SSSR count). The average molecular weight is 231 g/mol. The van der Waals surface area contributed by atoms with Crippen LogP contribution >= 0.6 is 0 Å².